The first-order valence-corrected chi connectivity index (χ1v) is 12.9. The number of hydrogen-bond donors (Lipinski definition) is 1. The van der Waals surface area contributed by atoms with Crippen LogP contribution in [-0.2, 0) is 13.2 Å². The number of carbonyl (C=O) groups is 1. The van der Waals surface area contributed by atoms with Crippen LogP contribution in [0.4, 0.5) is 0 Å². The second kappa shape index (κ2) is 12.7. The highest BCUT2D eigenvalue weighted by Gasteiger charge is 2.13. The van der Waals surface area contributed by atoms with E-state index in [0.717, 1.165) is 20.1 Å². The minimum atomic E-state index is -0.401. The van der Waals surface area contributed by atoms with Crippen LogP contribution in [-0.4, -0.2) is 12.1 Å². The van der Waals surface area contributed by atoms with Crippen molar-refractivity contribution in [2.24, 2.45) is 5.10 Å². The molecule has 0 spiro atoms. The fourth-order valence-electron chi connectivity index (χ4n) is 3.33. The molecule has 4 aromatic carbocycles. The number of amides is 1. The lowest BCUT2D eigenvalue weighted by molar-refractivity contribution is 0.0950. The van der Waals surface area contributed by atoms with Crippen molar-refractivity contribution in [2.45, 2.75) is 13.2 Å². The van der Waals surface area contributed by atoms with Gasteiger partial charge in [-0.2, -0.15) is 5.10 Å². The van der Waals surface area contributed by atoms with E-state index in [-0.39, 0.29) is 6.61 Å². The molecule has 0 unspecified atom stereocenters. The monoisotopic (exact) mass is 626 g/mol. The Hall–Kier alpha value is -3.13. The number of nitrogens with one attached hydrogen (secondary N) is 1. The molecule has 0 fully saturated rings. The number of carbonyl (C=O) groups excluding carboxylic acids is 1. The zero-order valence-electron chi connectivity index (χ0n) is 19.0. The van der Waals surface area contributed by atoms with Crippen LogP contribution >= 0.6 is 43.5 Å². The van der Waals surface area contributed by atoms with E-state index in [1.165, 1.54) is 0 Å². The molecule has 0 saturated heterocycles. The lowest BCUT2D eigenvalue weighted by atomic mass is 10.2. The van der Waals surface area contributed by atoms with Gasteiger partial charge in [-0.1, -0.05) is 88.2 Å². The molecular weight excluding hydrogens is 608 g/mol. The van der Waals surface area contributed by atoms with Crippen LogP contribution in [0.2, 0.25) is 5.02 Å². The van der Waals surface area contributed by atoms with Gasteiger partial charge in [-0.3, -0.25) is 4.79 Å². The quantitative estimate of drug-likeness (QED) is 0.152. The topological polar surface area (TPSA) is 59.9 Å². The second-order valence-corrected chi connectivity index (χ2v) is 9.83. The van der Waals surface area contributed by atoms with Gasteiger partial charge in [0.15, 0.2) is 0 Å². The maximum absolute atomic E-state index is 12.9. The summed E-state index contributed by atoms with van der Waals surface area (Å²) in [6, 6.07) is 28.0. The fraction of sp³-hybridized carbons (Fsp3) is 0.0714. The molecule has 4 rings (SSSR count). The minimum absolute atomic E-state index is 0.238. The van der Waals surface area contributed by atoms with Gasteiger partial charge in [-0.25, -0.2) is 5.43 Å². The number of rotatable bonds is 9. The second-order valence-electron chi connectivity index (χ2n) is 7.66. The largest absolute Gasteiger partial charge is 0.488 e. The average molecular weight is 629 g/mol. The van der Waals surface area contributed by atoms with Crippen molar-refractivity contribution in [3.05, 3.63) is 127 Å². The summed E-state index contributed by atoms with van der Waals surface area (Å²) in [5.41, 5.74) is 5.49. The summed E-state index contributed by atoms with van der Waals surface area (Å²) in [6.07, 6.45) is 1.54. The number of hydrazone groups is 1. The van der Waals surface area contributed by atoms with Gasteiger partial charge in [0, 0.05) is 20.6 Å². The number of ether oxygens (including phenoxy) is 2. The highest BCUT2D eigenvalue weighted by Crippen LogP contribution is 2.32. The summed E-state index contributed by atoms with van der Waals surface area (Å²) in [4.78, 5) is 12.9. The normalized spacial score (nSPS) is 10.9. The van der Waals surface area contributed by atoms with E-state index in [2.05, 4.69) is 42.4 Å². The molecular formula is C28H21Br2ClN2O3. The van der Waals surface area contributed by atoms with Gasteiger partial charge in [0.1, 0.15) is 24.7 Å². The third-order valence-corrected chi connectivity index (χ3v) is 6.52. The predicted molar refractivity (Wildman–Crippen MR) is 150 cm³/mol. The molecule has 0 radical (unpaired) electrons. The first-order chi connectivity index (χ1) is 17.5. The van der Waals surface area contributed by atoms with Crippen molar-refractivity contribution in [1.29, 1.82) is 0 Å². The Morgan fingerprint density at radius 1 is 0.889 bits per heavy atom. The van der Waals surface area contributed by atoms with Crippen molar-refractivity contribution in [1.82, 2.24) is 5.43 Å². The zero-order valence-corrected chi connectivity index (χ0v) is 22.9. The van der Waals surface area contributed by atoms with Gasteiger partial charge in [-0.15, -0.1) is 0 Å². The zero-order chi connectivity index (χ0) is 25.3. The van der Waals surface area contributed by atoms with Crippen molar-refractivity contribution < 1.29 is 14.3 Å². The molecule has 0 aliphatic rings. The van der Waals surface area contributed by atoms with E-state index < -0.39 is 5.91 Å². The number of para-hydroxylation sites is 1. The number of halogens is 3. The Bertz CT molecular complexity index is 1380. The first kappa shape index (κ1) is 25.9. The van der Waals surface area contributed by atoms with E-state index in [4.69, 9.17) is 21.1 Å². The van der Waals surface area contributed by atoms with E-state index in [1.807, 2.05) is 60.7 Å². The molecule has 1 amide bonds. The summed E-state index contributed by atoms with van der Waals surface area (Å²) in [7, 11) is 0. The third kappa shape index (κ3) is 6.97. The molecule has 8 heteroatoms. The van der Waals surface area contributed by atoms with Gasteiger partial charge in [0.2, 0.25) is 0 Å². The van der Waals surface area contributed by atoms with Crippen LogP contribution in [0.1, 0.15) is 27.0 Å². The van der Waals surface area contributed by atoms with Crippen molar-refractivity contribution in [3.63, 3.8) is 0 Å². The van der Waals surface area contributed by atoms with E-state index in [1.54, 1.807) is 36.5 Å². The summed E-state index contributed by atoms with van der Waals surface area (Å²) in [6.45, 7) is 0.631. The maximum Gasteiger partial charge on any atom is 0.275 e. The SMILES string of the molecule is O=C(N/N=C/c1cc(Br)cc(Br)c1OCc1ccccc1)c1ccccc1OCc1ccccc1Cl. The Balaban J connectivity index is 1.46. The molecule has 36 heavy (non-hydrogen) atoms. The Labute approximate surface area is 231 Å². The predicted octanol–water partition coefficient (Wildman–Crippen LogP) is 7.79. The lowest BCUT2D eigenvalue weighted by Gasteiger charge is -2.12. The van der Waals surface area contributed by atoms with E-state index in [0.29, 0.717) is 34.3 Å². The number of hydrogen-bond acceptors (Lipinski definition) is 4. The van der Waals surface area contributed by atoms with Crippen LogP contribution in [0.5, 0.6) is 11.5 Å². The fourth-order valence-corrected chi connectivity index (χ4v) is 4.89. The molecule has 0 aliphatic carbocycles. The molecule has 0 saturated carbocycles. The molecule has 0 aromatic heterocycles. The Morgan fingerprint density at radius 3 is 2.42 bits per heavy atom. The summed E-state index contributed by atoms with van der Waals surface area (Å²) in [5, 5.41) is 4.77. The highest BCUT2D eigenvalue weighted by atomic mass is 79.9. The summed E-state index contributed by atoms with van der Waals surface area (Å²) < 4.78 is 13.5. The molecule has 0 aliphatic heterocycles. The van der Waals surface area contributed by atoms with Crippen LogP contribution in [0.3, 0.4) is 0 Å². The first-order valence-electron chi connectivity index (χ1n) is 11.0. The standard InChI is InChI=1S/C28H21Br2ClN2O3/c29-22-14-21(27(24(30)15-22)36-17-19-8-2-1-3-9-19)16-32-33-28(34)23-11-5-7-13-26(23)35-18-20-10-4-6-12-25(20)31/h1-16H,17-18H2,(H,33,34)/b32-16+. The number of nitrogens with zero attached hydrogens (tertiary/aromatic N) is 1. The van der Waals surface area contributed by atoms with Gasteiger partial charge in [-0.05, 0) is 51.8 Å². The van der Waals surface area contributed by atoms with Crippen LogP contribution in [0.15, 0.2) is 105 Å². The molecule has 0 heterocycles. The molecule has 0 atom stereocenters. The molecule has 4 aromatic rings. The van der Waals surface area contributed by atoms with Gasteiger partial charge in [0.05, 0.1) is 16.3 Å². The molecule has 0 bridgehead atoms. The highest BCUT2D eigenvalue weighted by molar-refractivity contribution is 9.11. The van der Waals surface area contributed by atoms with Crippen molar-refractivity contribution in [3.8, 4) is 11.5 Å². The minimum Gasteiger partial charge on any atom is -0.488 e. The van der Waals surface area contributed by atoms with Crippen molar-refractivity contribution in [2.75, 3.05) is 0 Å². The average Bonchev–Trinajstić information content (AvgIpc) is 2.88. The van der Waals surface area contributed by atoms with Gasteiger partial charge in [0.25, 0.3) is 5.91 Å². The maximum atomic E-state index is 12.9. The van der Waals surface area contributed by atoms with Crippen LogP contribution < -0.4 is 14.9 Å². The molecule has 182 valence electrons. The summed E-state index contributed by atoms with van der Waals surface area (Å²) in [5.74, 6) is 0.646. The van der Waals surface area contributed by atoms with E-state index in [9.17, 15) is 4.79 Å². The Morgan fingerprint density at radius 2 is 1.61 bits per heavy atom. The van der Waals surface area contributed by atoms with Crippen LogP contribution in [0.25, 0.3) is 0 Å². The molecule has 5 nitrogen and oxygen atoms in total. The Kier molecular flexibility index (Phi) is 9.17. The number of benzene rings is 4. The van der Waals surface area contributed by atoms with Gasteiger partial charge < -0.3 is 9.47 Å². The van der Waals surface area contributed by atoms with Gasteiger partial charge >= 0.3 is 0 Å². The van der Waals surface area contributed by atoms with Crippen molar-refractivity contribution >= 4 is 55.6 Å². The van der Waals surface area contributed by atoms with Crippen LogP contribution in [0, 0.1) is 0 Å². The summed E-state index contributed by atoms with van der Waals surface area (Å²) >= 11 is 13.3. The smallest absolute Gasteiger partial charge is 0.275 e. The van der Waals surface area contributed by atoms with E-state index >= 15 is 0 Å². The third-order valence-electron chi connectivity index (χ3n) is 5.11. The lowest BCUT2D eigenvalue weighted by Crippen LogP contribution is -2.18. The molecule has 1 N–H and O–H groups in total.